The van der Waals surface area contributed by atoms with Crippen LogP contribution in [0.2, 0.25) is 0 Å². The minimum absolute atomic E-state index is 0.0259. The van der Waals surface area contributed by atoms with E-state index in [0.29, 0.717) is 13.0 Å². The van der Waals surface area contributed by atoms with Crippen LogP contribution in [0, 0.1) is 0 Å². The predicted molar refractivity (Wildman–Crippen MR) is 280 cm³/mol. The van der Waals surface area contributed by atoms with Gasteiger partial charge in [0.1, 0.15) is 30.5 Å². The van der Waals surface area contributed by atoms with Crippen molar-refractivity contribution in [3.8, 4) is 0 Å². The number of hydrogen-bond acceptors (Lipinski definition) is 11. The Balaban J connectivity index is 2.34. The van der Waals surface area contributed by atoms with Crippen molar-refractivity contribution in [1.82, 2.24) is 0 Å². The fourth-order valence-electron chi connectivity index (χ4n) is 8.29. The van der Waals surface area contributed by atoms with Crippen molar-refractivity contribution in [1.29, 1.82) is 0 Å². The Morgan fingerprint density at radius 1 is 0.565 bits per heavy atom. The second-order valence-corrected chi connectivity index (χ2v) is 19.8. The molecule has 0 amide bonds. The second kappa shape index (κ2) is 46.8. The van der Waals surface area contributed by atoms with Gasteiger partial charge < -0.3 is 34.3 Å². The van der Waals surface area contributed by atoms with Gasteiger partial charge in [-0.25, -0.2) is 4.18 Å². The first-order valence-electron chi connectivity index (χ1n) is 27.5. The molecule has 69 heavy (non-hydrogen) atoms. The summed E-state index contributed by atoms with van der Waals surface area (Å²) in [7, 11) is -5.07. The van der Waals surface area contributed by atoms with Gasteiger partial charge in [0.25, 0.3) is 0 Å². The average molecular weight is 997 g/mol. The summed E-state index contributed by atoms with van der Waals surface area (Å²) in [6, 6.07) is 0. The van der Waals surface area contributed by atoms with Crippen LogP contribution in [0.1, 0.15) is 226 Å². The molecule has 0 aliphatic carbocycles. The number of aliphatic hydroxyl groups is 3. The molecule has 12 nitrogen and oxygen atoms in total. The highest BCUT2D eigenvalue weighted by atomic mass is 32.3. The highest BCUT2D eigenvalue weighted by Gasteiger charge is 2.48. The fraction of sp³-hybridized carbons (Fsp3) is 0.804. The zero-order valence-electron chi connectivity index (χ0n) is 43.4. The van der Waals surface area contributed by atoms with Gasteiger partial charge in [0.2, 0.25) is 0 Å². The Morgan fingerprint density at radius 2 is 1.00 bits per heavy atom. The quantitative estimate of drug-likeness (QED) is 0.0197. The van der Waals surface area contributed by atoms with Gasteiger partial charge in [-0.2, -0.15) is 8.42 Å². The van der Waals surface area contributed by atoms with Crippen LogP contribution in [0.25, 0.3) is 0 Å². The van der Waals surface area contributed by atoms with E-state index in [1.807, 2.05) is 0 Å². The number of rotatable bonds is 48. The lowest BCUT2D eigenvalue weighted by Crippen LogP contribution is -2.60. The minimum atomic E-state index is -5.07. The molecular formula is C56H100O12S. The summed E-state index contributed by atoms with van der Waals surface area (Å²) in [5.41, 5.74) is 0. The molecule has 402 valence electrons. The smallest absolute Gasteiger partial charge is 0.397 e. The van der Waals surface area contributed by atoms with Crippen LogP contribution in [0.15, 0.2) is 60.8 Å². The van der Waals surface area contributed by atoms with Crippen molar-refractivity contribution in [2.75, 3.05) is 26.4 Å². The number of aliphatic hydroxyl groups excluding tert-OH is 3. The topological polar surface area (TPSA) is 178 Å². The molecule has 1 fully saturated rings. The van der Waals surface area contributed by atoms with Crippen LogP contribution in [0.3, 0.4) is 0 Å². The highest BCUT2D eigenvalue weighted by molar-refractivity contribution is 7.80. The van der Waals surface area contributed by atoms with E-state index in [4.69, 9.17) is 18.9 Å². The van der Waals surface area contributed by atoms with Crippen molar-refractivity contribution in [3.63, 3.8) is 0 Å². The first-order valence-corrected chi connectivity index (χ1v) is 28.9. The van der Waals surface area contributed by atoms with Gasteiger partial charge in [-0.15, -0.1) is 0 Å². The lowest BCUT2D eigenvalue weighted by molar-refractivity contribution is -0.301. The summed E-state index contributed by atoms with van der Waals surface area (Å²) in [5, 5.41) is 30.8. The normalized spacial score (nSPS) is 19.7. The maximum absolute atomic E-state index is 12.9. The van der Waals surface area contributed by atoms with Crippen LogP contribution in [-0.2, 0) is 38.3 Å². The molecule has 4 N–H and O–H groups in total. The molecule has 0 spiro atoms. The molecule has 1 rings (SSSR count). The third kappa shape index (κ3) is 40.0. The molecule has 0 aromatic carbocycles. The fourth-order valence-corrected chi connectivity index (χ4v) is 8.80. The van der Waals surface area contributed by atoms with E-state index in [1.54, 1.807) is 0 Å². The van der Waals surface area contributed by atoms with E-state index in [-0.39, 0.29) is 19.6 Å². The van der Waals surface area contributed by atoms with Crippen molar-refractivity contribution >= 4 is 16.4 Å². The van der Waals surface area contributed by atoms with Gasteiger partial charge in [0.15, 0.2) is 6.29 Å². The summed E-state index contributed by atoms with van der Waals surface area (Å²) < 4.78 is 59.4. The van der Waals surface area contributed by atoms with Crippen molar-refractivity contribution in [2.24, 2.45) is 0 Å². The molecule has 0 bridgehead atoms. The van der Waals surface area contributed by atoms with Gasteiger partial charge in [0, 0.05) is 13.0 Å². The lowest BCUT2D eigenvalue weighted by atomic mass is 9.99. The molecule has 6 atom stereocenters. The third-order valence-corrected chi connectivity index (χ3v) is 12.9. The zero-order valence-corrected chi connectivity index (χ0v) is 44.2. The number of hydrogen-bond donors (Lipinski definition) is 4. The van der Waals surface area contributed by atoms with Gasteiger partial charge >= 0.3 is 16.4 Å². The Labute approximate surface area is 420 Å². The first-order chi connectivity index (χ1) is 33.6. The van der Waals surface area contributed by atoms with E-state index in [2.05, 4.69) is 78.8 Å². The van der Waals surface area contributed by atoms with E-state index in [0.717, 1.165) is 89.9 Å². The van der Waals surface area contributed by atoms with Crippen LogP contribution < -0.4 is 0 Å². The minimum Gasteiger partial charge on any atom is -0.457 e. The number of carbonyl (C=O) groups is 1. The standard InChI is InChI=1S/C56H100O12S/c1-3-5-7-9-11-13-15-17-19-21-23-25-26-28-30-32-34-36-38-40-42-44-46-64-48-50(49-65-56-54(60)55(68-69(61,62)63)53(59)51(47-57)67-56)66-52(58)45-43-41-39-37-35-33-31-29-27-24-22-20-18-16-14-12-10-8-6-4-2/h5,7,11,13,17,19,23,25,28,30,50-51,53-57,59-60H,3-4,6,8-10,12,14-16,18,20-22,24,26-27,29,31-49H2,1-2H3,(H,61,62,63)/b7-5-,13-11-,19-17-,25-23-,30-28-. The van der Waals surface area contributed by atoms with Crippen molar-refractivity contribution < 1.29 is 56.2 Å². The molecule has 13 heteroatoms. The SMILES string of the molecule is CC/C=C\C/C=C\C/C=C\C/C=C\C/C=C\CCCCCCCCOCC(COC1OC(CO)C(O)C(OS(=O)(=O)O)C1O)OC(=O)CCCCCCCCCCCCCCCCCCCCCC. The monoisotopic (exact) mass is 997 g/mol. The van der Waals surface area contributed by atoms with Gasteiger partial charge in [0.05, 0.1) is 19.8 Å². The number of ether oxygens (including phenoxy) is 4. The molecule has 0 aromatic heterocycles. The van der Waals surface area contributed by atoms with Crippen LogP contribution >= 0.6 is 0 Å². The lowest BCUT2D eigenvalue weighted by Gasteiger charge is -2.41. The first kappa shape index (κ1) is 64.8. The van der Waals surface area contributed by atoms with Crippen LogP contribution in [0.5, 0.6) is 0 Å². The second-order valence-electron chi connectivity index (χ2n) is 18.8. The molecule has 0 aromatic rings. The summed E-state index contributed by atoms with van der Waals surface area (Å²) in [5.74, 6) is -0.402. The van der Waals surface area contributed by atoms with Crippen LogP contribution in [0.4, 0.5) is 0 Å². The molecular weight excluding hydrogens is 897 g/mol. The van der Waals surface area contributed by atoms with Gasteiger partial charge in [-0.3, -0.25) is 9.35 Å². The zero-order chi connectivity index (χ0) is 50.3. The molecule has 1 aliphatic heterocycles. The molecule has 1 saturated heterocycles. The summed E-state index contributed by atoms with van der Waals surface area (Å²) >= 11 is 0. The number of carbonyl (C=O) groups excluding carboxylic acids is 1. The summed E-state index contributed by atoms with van der Waals surface area (Å²) in [4.78, 5) is 12.9. The van der Waals surface area contributed by atoms with E-state index in [9.17, 15) is 33.1 Å². The molecule has 6 unspecified atom stereocenters. The van der Waals surface area contributed by atoms with E-state index in [1.165, 1.54) is 109 Å². The number of esters is 1. The van der Waals surface area contributed by atoms with E-state index < -0.39 is 59.8 Å². The predicted octanol–water partition coefficient (Wildman–Crippen LogP) is 13.3. The third-order valence-electron chi connectivity index (χ3n) is 12.4. The molecule has 1 aliphatic rings. The summed E-state index contributed by atoms with van der Waals surface area (Å²) in [6.45, 7) is 3.87. The largest absolute Gasteiger partial charge is 0.457 e. The van der Waals surface area contributed by atoms with Gasteiger partial charge in [-0.05, 0) is 57.8 Å². The van der Waals surface area contributed by atoms with E-state index >= 15 is 0 Å². The number of allylic oxidation sites excluding steroid dienone is 10. The van der Waals surface area contributed by atoms with Gasteiger partial charge in [-0.1, -0.05) is 222 Å². The highest BCUT2D eigenvalue weighted by Crippen LogP contribution is 2.26. The summed E-state index contributed by atoms with van der Waals surface area (Å²) in [6.07, 6.45) is 51.1. The Bertz CT molecular complexity index is 1430. The number of unbranched alkanes of at least 4 members (excludes halogenated alkanes) is 25. The van der Waals surface area contributed by atoms with Crippen molar-refractivity contribution in [3.05, 3.63) is 60.8 Å². The molecule has 1 heterocycles. The Kier molecular flexibility index (Phi) is 44.0. The Hall–Kier alpha value is -2.20. The Morgan fingerprint density at radius 3 is 1.46 bits per heavy atom. The molecule has 0 saturated carbocycles. The maximum Gasteiger partial charge on any atom is 0.397 e. The maximum atomic E-state index is 12.9. The van der Waals surface area contributed by atoms with Crippen molar-refractivity contribution in [2.45, 2.75) is 263 Å². The molecule has 0 radical (unpaired) electrons. The van der Waals surface area contributed by atoms with Crippen LogP contribution in [-0.4, -0.2) is 97.5 Å². The average Bonchev–Trinajstić information content (AvgIpc) is 3.32.